The monoisotopic (exact) mass is 365 g/mol. The minimum atomic E-state index is 0.520. The van der Waals surface area contributed by atoms with Crippen molar-refractivity contribution in [2.75, 3.05) is 5.32 Å². The molecule has 1 heterocycles. The molecule has 1 aromatic heterocycles. The number of anilines is 1. The summed E-state index contributed by atoms with van der Waals surface area (Å²) in [5, 5.41) is 5.04. The average Bonchev–Trinajstić information content (AvgIpc) is 3.00. The number of halogens is 3. The zero-order chi connectivity index (χ0) is 16.4. The molecule has 118 valence electrons. The molecule has 3 rings (SSSR count). The normalized spacial score (nSPS) is 10.8. The van der Waals surface area contributed by atoms with Crippen LogP contribution in [0.4, 0.5) is 5.69 Å². The summed E-state index contributed by atoms with van der Waals surface area (Å²) in [7, 11) is 0. The Morgan fingerprint density at radius 3 is 2.52 bits per heavy atom. The highest BCUT2D eigenvalue weighted by Crippen LogP contribution is 2.30. The lowest BCUT2D eigenvalue weighted by atomic mass is 10.1. The SMILES string of the molecule is Cc1c(Cl)cccc1-c1ccc(CNc2ccc(Cl)c(Cl)c2)o1. The fourth-order valence-corrected chi connectivity index (χ4v) is 2.76. The fourth-order valence-electron chi connectivity index (χ4n) is 2.29. The van der Waals surface area contributed by atoms with Crippen LogP contribution in [0.2, 0.25) is 15.1 Å². The molecule has 23 heavy (non-hydrogen) atoms. The first-order valence-corrected chi connectivity index (χ1v) is 8.21. The molecule has 0 aliphatic heterocycles. The van der Waals surface area contributed by atoms with Crippen molar-refractivity contribution in [3.8, 4) is 11.3 Å². The lowest BCUT2D eigenvalue weighted by molar-refractivity contribution is 0.531. The van der Waals surface area contributed by atoms with Crippen molar-refractivity contribution in [2.24, 2.45) is 0 Å². The second-order valence-corrected chi connectivity index (χ2v) is 6.38. The van der Waals surface area contributed by atoms with Crippen molar-refractivity contribution < 1.29 is 4.42 Å². The maximum Gasteiger partial charge on any atom is 0.134 e. The molecule has 0 saturated heterocycles. The summed E-state index contributed by atoms with van der Waals surface area (Å²) in [6.07, 6.45) is 0. The third kappa shape index (κ3) is 3.66. The number of rotatable bonds is 4. The van der Waals surface area contributed by atoms with Crippen molar-refractivity contribution in [2.45, 2.75) is 13.5 Å². The number of furan rings is 1. The molecule has 0 bridgehead atoms. The van der Waals surface area contributed by atoms with Crippen LogP contribution in [0.3, 0.4) is 0 Å². The van der Waals surface area contributed by atoms with Gasteiger partial charge in [0.2, 0.25) is 0 Å². The highest BCUT2D eigenvalue weighted by molar-refractivity contribution is 6.42. The average molecular weight is 367 g/mol. The number of hydrogen-bond donors (Lipinski definition) is 1. The van der Waals surface area contributed by atoms with Gasteiger partial charge in [-0.15, -0.1) is 0 Å². The van der Waals surface area contributed by atoms with Crippen molar-refractivity contribution in [3.63, 3.8) is 0 Å². The molecule has 0 saturated carbocycles. The standard InChI is InChI=1S/C18H14Cl3NO/c1-11-14(3-2-4-15(11)19)18-8-6-13(23-18)10-22-12-5-7-16(20)17(21)9-12/h2-9,22H,10H2,1H3. The Labute approximate surface area is 150 Å². The van der Waals surface area contributed by atoms with E-state index < -0.39 is 0 Å². The van der Waals surface area contributed by atoms with Gasteiger partial charge in [0.15, 0.2) is 0 Å². The van der Waals surface area contributed by atoms with Gasteiger partial charge in [-0.3, -0.25) is 0 Å². The molecular formula is C18H14Cl3NO. The lowest BCUT2D eigenvalue weighted by Gasteiger charge is -2.06. The fraction of sp³-hybridized carbons (Fsp3) is 0.111. The summed E-state index contributed by atoms with van der Waals surface area (Å²) in [6.45, 7) is 2.53. The molecule has 0 aliphatic carbocycles. The van der Waals surface area contributed by atoms with Crippen molar-refractivity contribution in [1.29, 1.82) is 0 Å². The number of hydrogen-bond acceptors (Lipinski definition) is 2. The molecule has 0 amide bonds. The van der Waals surface area contributed by atoms with E-state index in [9.17, 15) is 0 Å². The van der Waals surface area contributed by atoms with Crippen molar-refractivity contribution in [1.82, 2.24) is 0 Å². The smallest absolute Gasteiger partial charge is 0.134 e. The maximum atomic E-state index is 6.16. The first kappa shape index (κ1) is 16.3. The number of nitrogens with one attached hydrogen (secondary N) is 1. The second kappa shape index (κ2) is 6.88. The highest BCUT2D eigenvalue weighted by atomic mass is 35.5. The van der Waals surface area contributed by atoms with E-state index in [1.807, 2.05) is 43.3 Å². The quantitative estimate of drug-likeness (QED) is 0.547. The lowest BCUT2D eigenvalue weighted by Crippen LogP contribution is -1.97. The van der Waals surface area contributed by atoms with Gasteiger partial charge >= 0.3 is 0 Å². The molecule has 5 heteroatoms. The van der Waals surface area contributed by atoms with E-state index >= 15 is 0 Å². The molecule has 1 N–H and O–H groups in total. The van der Waals surface area contributed by atoms with Gasteiger partial charge in [-0.2, -0.15) is 0 Å². The van der Waals surface area contributed by atoms with Gasteiger partial charge in [0, 0.05) is 16.3 Å². The molecule has 2 aromatic carbocycles. The summed E-state index contributed by atoms with van der Waals surface area (Å²) in [5.41, 5.74) is 2.89. The van der Waals surface area contributed by atoms with Gasteiger partial charge in [-0.05, 0) is 48.9 Å². The van der Waals surface area contributed by atoms with Crippen LogP contribution in [0.5, 0.6) is 0 Å². The summed E-state index contributed by atoms with van der Waals surface area (Å²) >= 11 is 18.1. The molecule has 0 radical (unpaired) electrons. The minimum absolute atomic E-state index is 0.520. The summed E-state index contributed by atoms with van der Waals surface area (Å²) in [4.78, 5) is 0. The Hall–Kier alpha value is -1.61. The van der Waals surface area contributed by atoms with Gasteiger partial charge < -0.3 is 9.73 Å². The van der Waals surface area contributed by atoms with Crippen LogP contribution in [-0.2, 0) is 6.54 Å². The molecule has 0 unspecified atom stereocenters. The van der Waals surface area contributed by atoms with Gasteiger partial charge in [0.1, 0.15) is 11.5 Å². The van der Waals surface area contributed by atoms with E-state index in [2.05, 4.69) is 5.32 Å². The van der Waals surface area contributed by atoms with Crippen molar-refractivity contribution in [3.05, 3.63) is 74.9 Å². The first-order valence-electron chi connectivity index (χ1n) is 7.08. The molecular weight excluding hydrogens is 353 g/mol. The predicted octanol–water partition coefficient (Wildman–Crippen LogP) is 6.83. The predicted molar refractivity (Wildman–Crippen MR) is 97.7 cm³/mol. The molecule has 0 atom stereocenters. The first-order chi connectivity index (χ1) is 11.0. The van der Waals surface area contributed by atoms with Crippen LogP contribution in [0, 0.1) is 6.92 Å². The largest absolute Gasteiger partial charge is 0.459 e. The Kier molecular flexibility index (Phi) is 4.86. The van der Waals surface area contributed by atoms with Gasteiger partial charge in [-0.1, -0.05) is 46.9 Å². The van der Waals surface area contributed by atoms with E-state index in [0.29, 0.717) is 16.6 Å². The molecule has 0 aliphatic rings. The summed E-state index contributed by atoms with van der Waals surface area (Å²) < 4.78 is 5.90. The van der Waals surface area contributed by atoms with Crippen LogP contribution >= 0.6 is 34.8 Å². The minimum Gasteiger partial charge on any atom is -0.459 e. The van der Waals surface area contributed by atoms with Crippen molar-refractivity contribution >= 4 is 40.5 Å². The van der Waals surface area contributed by atoms with Crippen LogP contribution in [0.1, 0.15) is 11.3 Å². The Bertz CT molecular complexity index is 842. The zero-order valence-electron chi connectivity index (χ0n) is 12.4. The number of benzene rings is 2. The topological polar surface area (TPSA) is 25.2 Å². The molecule has 2 nitrogen and oxygen atoms in total. The summed E-state index contributed by atoms with van der Waals surface area (Å²) in [6, 6.07) is 15.1. The zero-order valence-corrected chi connectivity index (χ0v) is 14.6. The molecule has 0 fully saturated rings. The van der Waals surface area contributed by atoms with E-state index in [1.54, 1.807) is 12.1 Å². The van der Waals surface area contributed by atoms with E-state index in [-0.39, 0.29) is 0 Å². The van der Waals surface area contributed by atoms with Crippen LogP contribution < -0.4 is 5.32 Å². The van der Waals surface area contributed by atoms with E-state index in [4.69, 9.17) is 39.2 Å². The molecule has 3 aromatic rings. The second-order valence-electron chi connectivity index (χ2n) is 5.16. The van der Waals surface area contributed by atoms with E-state index in [1.165, 1.54) is 0 Å². The highest BCUT2D eigenvalue weighted by Gasteiger charge is 2.09. The van der Waals surface area contributed by atoms with Crippen LogP contribution in [-0.4, -0.2) is 0 Å². The van der Waals surface area contributed by atoms with Crippen LogP contribution in [0.15, 0.2) is 52.9 Å². The Balaban J connectivity index is 1.74. The van der Waals surface area contributed by atoms with Gasteiger partial charge in [-0.25, -0.2) is 0 Å². The summed E-state index contributed by atoms with van der Waals surface area (Å²) in [5.74, 6) is 1.63. The third-order valence-electron chi connectivity index (χ3n) is 3.58. The van der Waals surface area contributed by atoms with Gasteiger partial charge in [0.05, 0.1) is 16.6 Å². The maximum absolute atomic E-state index is 6.16. The van der Waals surface area contributed by atoms with Crippen LogP contribution in [0.25, 0.3) is 11.3 Å². The Morgan fingerprint density at radius 2 is 1.74 bits per heavy atom. The van der Waals surface area contributed by atoms with E-state index in [0.717, 1.165) is 33.4 Å². The third-order valence-corrected chi connectivity index (χ3v) is 4.73. The van der Waals surface area contributed by atoms with Gasteiger partial charge in [0.25, 0.3) is 0 Å². The molecule has 0 spiro atoms. The Morgan fingerprint density at radius 1 is 0.913 bits per heavy atom.